The van der Waals surface area contributed by atoms with Crippen molar-refractivity contribution in [1.29, 1.82) is 0 Å². The maximum Gasteiger partial charge on any atom is 0.297 e. The first-order valence-corrected chi connectivity index (χ1v) is 29.8. The van der Waals surface area contributed by atoms with Crippen LogP contribution in [0.2, 0.25) is 0 Å². The summed E-state index contributed by atoms with van der Waals surface area (Å²) in [6, 6.07) is 21.7. The molecule has 0 spiro atoms. The Morgan fingerprint density at radius 1 is 0.425 bits per heavy atom. The summed E-state index contributed by atoms with van der Waals surface area (Å²) < 4.78 is 102. The zero-order chi connectivity index (χ0) is 64.3. The fourth-order valence-corrected chi connectivity index (χ4v) is 16.8. The van der Waals surface area contributed by atoms with Crippen molar-refractivity contribution in [2.45, 2.75) is 198 Å². The summed E-state index contributed by atoms with van der Waals surface area (Å²) in [6.45, 7) is 32.8. The quantitative estimate of drug-likeness (QED) is 0.164. The zero-order valence-corrected chi connectivity index (χ0v) is 49.6. The average molecular weight is 1060 g/mol. The van der Waals surface area contributed by atoms with Gasteiger partial charge in [0.25, 0.3) is 6.71 Å². The van der Waals surface area contributed by atoms with E-state index >= 15 is 0 Å². The summed E-state index contributed by atoms with van der Waals surface area (Å²) >= 11 is 0. The predicted molar refractivity (Wildman–Crippen MR) is 339 cm³/mol. The number of furan rings is 1. The first kappa shape index (κ1) is 40.7. The normalized spacial score (nSPS) is 25.8. The van der Waals surface area contributed by atoms with Gasteiger partial charge in [-0.15, -0.1) is 0 Å². The van der Waals surface area contributed by atoms with Gasteiger partial charge in [-0.1, -0.05) is 151 Å². The summed E-state index contributed by atoms with van der Waals surface area (Å²) in [4.78, 5) is 6.11. The van der Waals surface area contributed by atoms with Crippen LogP contribution in [-0.2, 0) is 43.3 Å². The molecule has 406 valence electrons. The van der Waals surface area contributed by atoms with Gasteiger partial charge in [-0.3, -0.25) is 0 Å². The van der Waals surface area contributed by atoms with Crippen LogP contribution in [0.15, 0.2) is 138 Å². The Labute approximate surface area is 492 Å². The molecule has 0 fully saturated rings. The highest BCUT2D eigenvalue weighted by molar-refractivity contribution is 7.00. The molecule has 0 saturated heterocycles. The van der Waals surface area contributed by atoms with E-state index in [4.69, 9.17) is 7.16 Å². The Morgan fingerprint density at radius 3 is 1.43 bits per heavy atom. The number of benzene rings is 7. The zero-order valence-electron chi connectivity index (χ0n) is 59.6. The van der Waals surface area contributed by atoms with Gasteiger partial charge in [0, 0.05) is 45.2 Å². The van der Waals surface area contributed by atoms with Crippen molar-refractivity contribution in [2.24, 2.45) is 0 Å². The van der Waals surface area contributed by atoms with Crippen LogP contribution >= 0.6 is 0 Å². The summed E-state index contributed by atoms with van der Waals surface area (Å²) in [5.74, 6) is 0. The monoisotopic (exact) mass is 1060 g/mol. The SMILES string of the molecule is [2H]c1c([2H])c([2H])c(N(c2cc3c4c(c2)N2c5ccc6c(c5)C(C)(CCC6(C)C)CC5(C)CCC(C)(C)c6cc7oc(c2c7cc65)B4c2cc4c(cc2N3c2ccc3c(c2)C(C)(C)CCC3(C)C)C(C)(C)CCC4(C)C)c2c([2H])c([2H])c([2H])c([2H])c2[2H])c([2H])c1[2H]. The molecular formula is C75H82BN3O. The van der Waals surface area contributed by atoms with E-state index < -0.39 is 67.1 Å². The third kappa shape index (κ3) is 7.00. The van der Waals surface area contributed by atoms with Crippen LogP contribution in [0, 0.1) is 0 Å². The second-order valence-electron chi connectivity index (χ2n) is 30.0. The van der Waals surface area contributed by atoms with E-state index in [1.54, 1.807) is 0 Å². The topological polar surface area (TPSA) is 22.9 Å². The molecule has 5 heteroatoms. The Bertz CT molecular complexity index is 4450. The first-order chi connectivity index (χ1) is 41.9. The molecule has 15 rings (SSSR count). The van der Waals surface area contributed by atoms with Gasteiger partial charge in [0.2, 0.25) is 0 Å². The third-order valence-electron chi connectivity index (χ3n) is 21.9. The summed E-state index contributed by atoms with van der Waals surface area (Å²) in [5.41, 5.74) is 17.4. The molecule has 2 unspecified atom stereocenters. The number of nitrogens with zero attached hydrogens (tertiary/aromatic N) is 3. The van der Waals surface area contributed by atoms with Crippen LogP contribution in [0.4, 0.5) is 51.2 Å². The van der Waals surface area contributed by atoms with Crippen LogP contribution in [-0.4, -0.2) is 6.71 Å². The standard InChI is InChI=1S/C75H82BN3O/c1-68(2)29-30-70(5,6)54-37-48(25-27-52(54)68)78-61-43-56-55(71(7,8)31-32-72(56,9)10)42-60(61)76-65-62(78)39-50(77(46-21-17-15-18-22-46)47-23-19-16-20-24-47)40-63(65)79-49-26-28-53-58(38-49)74(13,35-33-69(53,3)4)45-75(14)36-34-73(11,12)57-44-64-51(41-59(57)75)66(79)67(76)80-64/h15-28,37-44H,29-36,45H2,1-14H3/i15D,16D,17D,18D,19D,20D,21D,22D,23D,24D. The van der Waals surface area contributed by atoms with Crippen molar-refractivity contribution in [3.05, 3.63) is 178 Å². The van der Waals surface area contributed by atoms with Crippen molar-refractivity contribution >= 4 is 85.5 Å². The van der Waals surface area contributed by atoms with Gasteiger partial charge in [-0.25, -0.2) is 0 Å². The highest BCUT2D eigenvalue weighted by atomic mass is 16.3. The molecule has 80 heavy (non-hydrogen) atoms. The number of hydrogen-bond acceptors (Lipinski definition) is 4. The van der Waals surface area contributed by atoms with E-state index in [2.05, 4.69) is 167 Å². The van der Waals surface area contributed by atoms with Crippen molar-refractivity contribution in [1.82, 2.24) is 0 Å². The number of rotatable bonds is 4. The molecule has 7 aliphatic rings. The van der Waals surface area contributed by atoms with Gasteiger partial charge in [0.05, 0.1) is 30.7 Å². The number of anilines is 9. The van der Waals surface area contributed by atoms with E-state index in [1.165, 1.54) is 49.4 Å². The van der Waals surface area contributed by atoms with E-state index in [-0.39, 0.29) is 60.4 Å². The Hall–Kier alpha value is -6.46. The molecule has 2 atom stereocenters. The van der Waals surface area contributed by atoms with Crippen LogP contribution < -0.4 is 31.3 Å². The van der Waals surface area contributed by atoms with Gasteiger partial charge in [0.15, 0.2) is 0 Å². The summed E-state index contributed by atoms with van der Waals surface area (Å²) in [5, 5.41) is 0.978. The van der Waals surface area contributed by atoms with Gasteiger partial charge in [-0.05, 0) is 235 Å². The maximum absolute atomic E-state index is 9.79. The fourth-order valence-electron chi connectivity index (χ4n) is 16.8. The minimum Gasteiger partial charge on any atom is -0.468 e. The fraction of sp³-hybridized carbons (Fsp3) is 0.413. The lowest BCUT2D eigenvalue weighted by Gasteiger charge is -2.51. The molecule has 0 N–H and O–H groups in total. The van der Waals surface area contributed by atoms with Crippen LogP contribution in [0.25, 0.3) is 11.0 Å². The predicted octanol–water partition coefficient (Wildman–Crippen LogP) is 18.7. The maximum atomic E-state index is 9.79. The molecule has 7 aromatic carbocycles. The lowest BCUT2D eigenvalue weighted by atomic mass is 9.35. The molecule has 8 aromatic rings. The van der Waals surface area contributed by atoms with Crippen molar-refractivity contribution in [2.75, 3.05) is 14.7 Å². The minimum absolute atomic E-state index is 0.0951. The van der Waals surface area contributed by atoms with E-state index in [0.29, 0.717) is 0 Å². The molecule has 4 heterocycles. The third-order valence-corrected chi connectivity index (χ3v) is 21.9. The Balaban J connectivity index is 1.17. The molecule has 0 amide bonds. The van der Waals surface area contributed by atoms with Gasteiger partial charge in [0.1, 0.15) is 5.58 Å². The van der Waals surface area contributed by atoms with Crippen molar-refractivity contribution < 1.29 is 18.1 Å². The summed E-state index contributed by atoms with van der Waals surface area (Å²) in [7, 11) is 0. The average Bonchev–Trinajstić information content (AvgIpc) is 1.26. The van der Waals surface area contributed by atoms with Crippen LogP contribution in [0.1, 0.15) is 213 Å². The molecular weight excluding hydrogens is 970 g/mol. The lowest BCUT2D eigenvalue weighted by molar-refractivity contribution is 0.208. The smallest absolute Gasteiger partial charge is 0.297 e. The van der Waals surface area contributed by atoms with Crippen molar-refractivity contribution in [3.8, 4) is 0 Å². The lowest BCUT2D eigenvalue weighted by Crippen LogP contribution is -2.61. The molecule has 0 saturated carbocycles. The highest BCUT2D eigenvalue weighted by Gasteiger charge is 2.53. The highest BCUT2D eigenvalue weighted by Crippen LogP contribution is 2.60. The van der Waals surface area contributed by atoms with E-state index in [0.717, 1.165) is 119 Å². The van der Waals surface area contributed by atoms with E-state index in [1.807, 2.05) is 12.1 Å². The largest absolute Gasteiger partial charge is 0.468 e. The molecule has 4 nitrogen and oxygen atoms in total. The molecule has 4 bridgehead atoms. The first-order valence-electron chi connectivity index (χ1n) is 34.8. The second kappa shape index (κ2) is 16.2. The number of fused-ring (bicyclic) bond motifs is 8. The second-order valence-corrected chi connectivity index (χ2v) is 30.0. The molecule has 4 aliphatic carbocycles. The summed E-state index contributed by atoms with van der Waals surface area (Å²) in [6.07, 6.45) is 9.05. The van der Waals surface area contributed by atoms with Gasteiger partial charge < -0.3 is 19.1 Å². The Morgan fingerprint density at radius 2 is 0.863 bits per heavy atom. The number of hydrogen-bond donors (Lipinski definition) is 0. The van der Waals surface area contributed by atoms with Gasteiger partial charge >= 0.3 is 0 Å². The molecule has 1 aromatic heterocycles. The van der Waals surface area contributed by atoms with Gasteiger partial charge in [-0.2, -0.15) is 0 Å². The van der Waals surface area contributed by atoms with Crippen LogP contribution in [0.3, 0.4) is 0 Å². The van der Waals surface area contributed by atoms with E-state index in [9.17, 15) is 11.0 Å². The molecule has 0 radical (unpaired) electrons. The minimum atomic E-state index is -0.617. The van der Waals surface area contributed by atoms with Crippen LogP contribution in [0.5, 0.6) is 0 Å². The molecule has 3 aliphatic heterocycles. The van der Waals surface area contributed by atoms with Crippen molar-refractivity contribution in [3.63, 3.8) is 0 Å². The Kier molecular flexibility index (Phi) is 8.22. The number of para-hydroxylation sites is 2.